The molecule has 19 heavy (non-hydrogen) atoms. The van der Waals surface area contributed by atoms with Gasteiger partial charge in [-0.1, -0.05) is 6.07 Å². The largest absolute Gasteiger partial charge is 0.351 e. The van der Waals surface area contributed by atoms with Crippen LogP contribution in [0.3, 0.4) is 0 Å². The van der Waals surface area contributed by atoms with Gasteiger partial charge in [-0.25, -0.2) is 4.98 Å². The highest BCUT2D eigenvalue weighted by Gasteiger charge is 2.25. The highest BCUT2D eigenvalue weighted by Crippen LogP contribution is 2.24. The number of hydrogen-bond donors (Lipinski definition) is 1. The maximum atomic E-state index is 4.64. The second kappa shape index (κ2) is 5.47. The van der Waals surface area contributed by atoms with Gasteiger partial charge in [0, 0.05) is 50.0 Å². The van der Waals surface area contributed by atoms with Gasteiger partial charge in [0.25, 0.3) is 0 Å². The number of nitrogens with zero attached hydrogens (tertiary/aromatic N) is 3. The molecule has 1 saturated carbocycles. The molecule has 1 aromatic heterocycles. The summed E-state index contributed by atoms with van der Waals surface area (Å²) in [4.78, 5) is 9.50. The Hall–Kier alpha value is -1.13. The van der Waals surface area contributed by atoms with E-state index in [1.165, 1.54) is 24.2 Å². The summed E-state index contributed by atoms with van der Waals surface area (Å²) in [5, 5.41) is 3.60. The van der Waals surface area contributed by atoms with Gasteiger partial charge in [0.2, 0.25) is 0 Å². The fourth-order valence-electron chi connectivity index (χ4n) is 2.82. The lowest BCUT2D eigenvalue weighted by molar-refractivity contribution is 0.274. The second-order valence-corrected chi connectivity index (χ2v) is 5.95. The molecule has 2 heterocycles. The third-order valence-corrected chi connectivity index (χ3v) is 4.13. The molecule has 4 heteroatoms. The van der Waals surface area contributed by atoms with Crippen LogP contribution in [0.25, 0.3) is 0 Å². The van der Waals surface area contributed by atoms with E-state index in [9.17, 15) is 0 Å². The number of aromatic nitrogens is 1. The molecule has 2 fully saturated rings. The Balaban J connectivity index is 1.74. The fraction of sp³-hybridized carbons (Fsp3) is 0.667. The lowest BCUT2D eigenvalue weighted by atomic mass is 10.1. The second-order valence-electron chi connectivity index (χ2n) is 5.95. The molecule has 1 aliphatic carbocycles. The van der Waals surface area contributed by atoms with Crippen LogP contribution in [0.15, 0.2) is 18.3 Å². The van der Waals surface area contributed by atoms with E-state index < -0.39 is 0 Å². The standard InChI is InChI=1S/C15H24N4/c1-12-11-18(2)8-9-19(12)15-13(4-3-7-16-15)10-17-14-5-6-14/h3-4,7,12,14,17H,5-6,8-11H2,1-2H3. The SMILES string of the molecule is CC1CN(C)CCN1c1ncccc1CNC1CC1. The summed E-state index contributed by atoms with van der Waals surface area (Å²) in [6, 6.07) is 5.54. The molecule has 2 aliphatic rings. The van der Waals surface area contributed by atoms with Crippen molar-refractivity contribution in [2.75, 3.05) is 31.6 Å². The van der Waals surface area contributed by atoms with Crippen molar-refractivity contribution in [2.24, 2.45) is 0 Å². The highest BCUT2D eigenvalue weighted by molar-refractivity contribution is 5.48. The number of rotatable bonds is 4. The van der Waals surface area contributed by atoms with Crippen molar-refractivity contribution in [3.05, 3.63) is 23.9 Å². The summed E-state index contributed by atoms with van der Waals surface area (Å²) in [5.74, 6) is 1.18. The molecule has 1 aromatic rings. The molecule has 104 valence electrons. The molecule has 4 nitrogen and oxygen atoms in total. The van der Waals surface area contributed by atoms with E-state index in [0.717, 1.165) is 32.2 Å². The van der Waals surface area contributed by atoms with E-state index in [1.54, 1.807) is 0 Å². The Morgan fingerprint density at radius 2 is 2.21 bits per heavy atom. The maximum absolute atomic E-state index is 4.64. The maximum Gasteiger partial charge on any atom is 0.133 e. The van der Waals surface area contributed by atoms with Crippen LogP contribution < -0.4 is 10.2 Å². The zero-order valence-corrected chi connectivity index (χ0v) is 12.0. The average Bonchev–Trinajstić information content (AvgIpc) is 3.21. The fourth-order valence-corrected chi connectivity index (χ4v) is 2.82. The third-order valence-electron chi connectivity index (χ3n) is 4.13. The normalized spacial score (nSPS) is 24.7. The predicted octanol–water partition coefficient (Wildman–Crippen LogP) is 1.47. The minimum atomic E-state index is 0.535. The summed E-state index contributed by atoms with van der Waals surface area (Å²) in [6.45, 7) is 6.56. The first-order valence-corrected chi connectivity index (χ1v) is 7.36. The van der Waals surface area contributed by atoms with Crippen LogP contribution >= 0.6 is 0 Å². The van der Waals surface area contributed by atoms with Crippen molar-refractivity contribution in [3.8, 4) is 0 Å². The lowest BCUT2D eigenvalue weighted by Crippen LogP contribution is -2.51. The van der Waals surface area contributed by atoms with E-state index in [1.807, 2.05) is 12.3 Å². The van der Waals surface area contributed by atoms with E-state index in [2.05, 4.69) is 40.1 Å². The molecule has 0 spiro atoms. The molecule has 0 aromatic carbocycles. The van der Waals surface area contributed by atoms with Gasteiger partial charge in [-0.05, 0) is 32.9 Å². The van der Waals surface area contributed by atoms with Gasteiger partial charge in [0.15, 0.2) is 0 Å². The Morgan fingerprint density at radius 1 is 1.37 bits per heavy atom. The van der Waals surface area contributed by atoms with Gasteiger partial charge >= 0.3 is 0 Å². The summed E-state index contributed by atoms with van der Waals surface area (Å²) < 4.78 is 0. The van der Waals surface area contributed by atoms with Crippen LogP contribution in [0.5, 0.6) is 0 Å². The average molecular weight is 260 g/mol. The Kier molecular flexibility index (Phi) is 3.71. The zero-order chi connectivity index (χ0) is 13.2. The molecular formula is C15H24N4. The van der Waals surface area contributed by atoms with Crippen molar-refractivity contribution in [2.45, 2.75) is 38.4 Å². The summed E-state index contributed by atoms with van der Waals surface area (Å²) in [7, 11) is 2.20. The van der Waals surface area contributed by atoms with E-state index in [0.29, 0.717) is 6.04 Å². The number of hydrogen-bond acceptors (Lipinski definition) is 4. The van der Waals surface area contributed by atoms with Crippen LogP contribution in [0.2, 0.25) is 0 Å². The Labute approximate surface area is 115 Å². The molecule has 0 amide bonds. The van der Waals surface area contributed by atoms with Crippen molar-refractivity contribution in [3.63, 3.8) is 0 Å². The van der Waals surface area contributed by atoms with Gasteiger partial charge in [0.05, 0.1) is 0 Å². The van der Waals surface area contributed by atoms with E-state index in [-0.39, 0.29) is 0 Å². The van der Waals surface area contributed by atoms with Crippen LogP contribution in [0.4, 0.5) is 5.82 Å². The summed E-state index contributed by atoms with van der Waals surface area (Å²) in [6.07, 6.45) is 4.59. The summed E-state index contributed by atoms with van der Waals surface area (Å²) >= 11 is 0. The van der Waals surface area contributed by atoms with Crippen molar-refractivity contribution in [1.82, 2.24) is 15.2 Å². The van der Waals surface area contributed by atoms with Gasteiger partial charge in [-0.15, -0.1) is 0 Å². The lowest BCUT2D eigenvalue weighted by Gasteiger charge is -2.39. The Morgan fingerprint density at radius 3 is 2.95 bits per heavy atom. The molecule has 1 aliphatic heterocycles. The molecule has 0 bridgehead atoms. The number of anilines is 1. The Bertz CT molecular complexity index is 430. The smallest absolute Gasteiger partial charge is 0.133 e. The predicted molar refractivity (Wildman–Crippen MR) is 78.4 cm³/mol. The van der Waals surface area contributed by atoms with Crippen LogP contribution in [-0.2, 0) is 6.54 Å². The minimum absolute atomic E-state index is 0.535. The molecule has 0 radical (unpaired) electrons. The van der Waals surface area contributed by atoms with Gasteiger partial charge in [0.1, 0.15) is 5.82 Å². The molecule has 1 N–H and O–H groups in total. The number of piperazine rings is 1. The van der Waals surface area contributed by atoms with Crippen molar-refractivity contribution >= 4 is 5.82 Å². The minimum Gasteiger partial charge on any atom is -0.351 e. The van der Waals surface area contributed by atoms with Gasteiger partial charge in [-0.2, -0.15) is 0 Å². The van der Waals surface area contributed by atoms with Crippen molar-refractivity contribution < 1.29 is 0 Å². The van der Waals surface area contributed by atoms with E-state index >= 15 is 0 Å². The molecule has 1 saturated heterocycles. The van der Waals surface area contributed by atoms with Crippen LogP contribution in [0, 0.1) is 0 Å². The topological polar surface area (TPSA) is 31.4 Å². The first-order valence-electron chi connectivity index (χ1n) is 7.36. The number of nitrogens with one attached hydrogen (secondary N) is 1. The first-order chi connectivity index (χ1) is 9.24. The molecule has 1 atom stereocenters. The molecular weight excluding hydrogens is 236 g/mol. The monoisotopic (exact) mass is 260 g/mol. The van der Waals surface area contributed by atoms with Gasteiger partial charge < -0.3 is 15.1 Å². The quantitative estimate of drug-likeness (QED) is 0.888. The van der Waals surface area contributed by atoms with Crippen LogP contribution in [-0.4, -0.2) is 48.6 Å². The number of likely N-dealkylation sites (N-methyl/N-ethyl adjacent to an activating group) is 1. The zero-order valence-electron chi connectivity index (χ0n) is 12.0. The summed E-state index contributed by atoms with van der Waals surface area (Å²) in [5.41, 5.74) is 1.34. The molecule has 1 unspecified atom stereocenters. The molecule has 3 rings (SSSR count). The van der Waals surface area contributed by atoms with Crippen molar-refractivity contribution in [1.29, 1.82) is 0 Å². The first kappa shape index (κ1) is 12.9. The van der Waals surface area contributed by atoms with Crippen LogP contribution in [0.1, 0.15) is 25.3 Å². The van der Waals surface area contributed by atoms with E-state index in [4.69, 9.17) is 0 Å². The van der Waals surface area contributed by atoms with Gasteiger partial charge in [-0.3, -0.25) is 0 Å². The highest BCUT2D eigenvalue weighted by atomic mass is 15.3. The number of pyridine rings is 1. The third kappa shape index (κ3) is 3.07.